The van der Waals surface area contributed by atoms with Gasteiger partial charge in [0.15, 0.2) is 16.7 Å². The summed E-state index contributed by atoms with van der Waals surface area (Å²) in [5, 5.41) is 18.7. The van der Waals surface area contributed by atoms with Crippen LogP contribution in [0.25, 0.3) is 11.3 Å². The summed E-state index contributed by atoms with van der Waals surface area (Å²) < 4.78 is 33.5. The first-order valence-electron chi connectivity index (χ1n) is 9.74. The summed E-state index contributed by atoms with van der Waals surface area (Å²) in [5.74, 6) is 1.52. The van der Waals surface area contributed by atoms with Gasteiger partial charge in [0.05, 0.1) is 24.8 Å². The lowest BCUT2D eigenvalue weighted by molar-refractivity contribution is 0.355. The highest BCUT2D eigenvalue weighted by atomic mass is 32.2. The van der Waals surface area contributed by atoms with E-state index in [0.29, 0.717) is 52.3 Å². The maximum atomic E-state index is 11.4. The minimum Gasteiger partial charge on any atom is -0.493 e. The zero-order valence-corrected chi connectivity index (χ0v) is 20.0. The Hall–Kier alpha value is -3.33. The van der Waals surface area contributed by atoms with Gasteiger partial charge in [0.25, 0.3) is 0 Å². The molecule has 172 valence electrons. The van der Waals surface area contributed by atoms with E-state index in [0.717, 1.165) is 5.56 Å². The molecule has 0 amide bonds. The minimum absolute atomic E-state index is 0.0611. The van der Waals surface area contributed by atoms with Gasteiger partial charge in [-0.3, -0.25) is 0 Å². The minimum atomic E-state index is -3.73. The van der Waals surface area contributed by atoms with E-state index in [9.17, 15) is 13.7 Å². The molecule has 3 rings (SSSR count). The van der Waals surface area contributed by atoms with Crippen LogP contribution < -0.4 is 19.9 Å². The van der Waals surface area contributed by atoms with Gasteiger partial charge in [-0.1, -0.05) is 23.9 Å². The Morgan fingerprint density at radius 2 is 1.79 bits per heavy atom. The number of primary sulfonamides is 1. The monoisotopic (exact) mass is 485 g/mol. The number of hydrogen-bond donors (Lipinski definition) is 2. The normalized spacial score (nSPS) is 11.0. The molecule has 1 aromatic heterocycles. The molecule has 0 saturated carbocycles. The molecule has 3 N–H and O–H groups in total. The van der Waals surface area contributed by atoms with Crippen LogP contribution in [0.2, 0.25) is 0 Å². The van der Waals surface area contributed by atoms with Gasteiger partial charge in [0.1, 0.15) is 17.5 Å². The first kappa shape index (κ1) is 24.3. The third-order valence-corrected chi connectivity index (χ3v) is 6.27. The van der Waals surface area contributed by atoms with E-state index < -0.39 is 10.0 Å². The summed E-state index contributed by atoms with van der Waals surface area (Å²) in [4.78, 5) is 9.08. The van der Waals surface area contributed by atoms with Crippen molar-refractivity contribution in [3.63, 3.8) is 0 Å². The number of hydrogen-bond acceptors (Lipinski definition) is 9. The van der Waals surface area contributed by atoms with Crippen molar-refractivity contribution in [2.24, 2.45) is 5.14 Å². The Kier molecular flexibility index (Phi) is 7.75. The number of rotatable bonds is 9. The van der Waals surface area contributed by atoms with Crippen molar-refractivity contribution in [3.8, 4) is 28.8 Å². The Bertz CT molecular complexity index is 1290. The van der Waals surface area contributed by atoms with Gasteiger partial charge in [-0.15, -0.1) is 0 Å². The van der Waals surface area contributed by atoms with Gasteiger partial charge >= 0.3 is 0 Å². The van der Waals surface area contributed by atoms with Crippen molar-refractivity contribution in [3.05, 3.63) is 53.6 Å². The molecule has 9 nitrogen and oxygen atoms in total. The second-order valence-electron chi connectivity index (χ2n) is 6.83. The average Bonchev–Trinajstić information content (AvgIpc) is 2.82. The molecule has 0 aliphatic rings. The molecule has 2 aromatic carbocycles. The zero-order chi connectivity index (χ0) is 24.0. The molecular weight excluding hydrogens is 462 g/mol. The fourth-order valence-electron chi connectivity index (χ4n) is 3.13. The molecule has 0 fully saturated rings. The third kappa shape index (κ3) is 5.73. The summed E-state index contributed by atoms with van der Waals surface area (Å²) >= 11 is 1.37. The lowest BCUT2D eigenvalue weighted by atomic mass is 10.1. The van der Waals surface area contributed by atoms with E-state index in [1.807, 2.05) is 12.3 Å². The second kappa shape index (κ2) is 10.5. The van der Waals surface area contributed by atoms with Gasteiger partial charge in [0.2, 0.25) is 10.0 Å². The number of benzene rings is 2. The maximum Gasteiger partial charge on any atom is 0.238 e. The van der Waals surface area contributed by atoms with Crippen molar-refractivity contribution in [2.75, 3.05) is 32.3 Å². The second-order valence-corrected chi connectivity index (χ2v) is 9.16. The summed E-state index contributed by atoms with van der Waals surface area (Å²) in [7, 11) is -0.629. The topological polar surface area (TPSA) is 140 Å². The quantitative estimate of drug-likeness (QED) is 0.345. The largest absolute Gasteiger partial charge is 0.493 e. The van der Waals surface area contributed by atoms with Crippen LogP contribution >= 0.6 is 11.8 Å². The van der Waals surface area contributed by atoms with Crippen molar-refractivity contribution < 1.29 is 17.9 Å². The predicted molar refractivity (Wildman–Crippen MR) is 127 cm³/mol. The van der Waals surface area contributed by atoms with Crippen LogP contribution in [0.4, 0.5) is 5.82 Å². The standard InChI is InChI=1S/C22H23N5O4S2/c1-30-18-9-6-15(12-19(18)31-2)20-17(13-23)21(27-22(26-20)32-3)25-11-10-14-4-7-16(8-5-14)33(24,28)29/h4-9,12H,10-11H2,1-3H3,(H2,24,28,29)(H,25,26,27). The number of ether oxygens (including phenoxy) is 2. The van der Waals surface area contributed by atoms with Gasteiger partial charge in [-0.05, 0) is 48.6 Å². The van der Waals surface area contributed by atoms with Gasteiger partial charge in [-0.25, -0.2) is 23.5 Å². The number of nitrogens with one attached hydrogen (secondary N) is 1. The van der Waals surface area contributed by atoms with E-state index >= 15 is 0 Å². The first-order valence-corrected chi connectivity index (χ1v) is 12.5. The summed E-state index contributed by atoms with van der Waals surface area (Å²) in [5.41, 5.74) is 2.40. The Morgan fingerprint density at radius 3 is 2.36 bits per heavy atom. The smallest absolute Gasteiger partial charge is 0.238 e. The predicted octanol–water partition coefficient (Wildman–Crippen LogP) is 3.06. The number of sulfonamides is 1. The van der Waals surface area contributed by atoms with Gasteiger partial charge in [0, 0.05) is 12.1 Å². The highest BCUT2D eigenvalue weighted by Gasteiger charge is 2.17. The van der Waals surface area contributed by atoms with Crippen LogP contribution in [0.3, 0.4) is 0 Å². The molecule has 0 aliphatic carbocycles. The molecule has 11 heteroatoms. The number of methoxy groups -OCH3 is 2. The van der Waals surface area contributed by atoms with Crippen LogP contribution in [0.1, 0.15) is 11.1 Å². The van der Waals surface area contributed by atoms with E-state index in [2.05, 4.69) is 21.4 Å². The summed E-state index contributed by atoms with van der Waals surface area (Å²) in [6.45, 7) is 0.472. The number of nitrogens with zero attached hydrogens (tertiary/aromatic N) is 3. The maximum absolute atomic E-state index is 11.4. The van der Waals surface area contributed by atoms with Crippen molar-refractivity contribution in [1.82, 2.24) is 9.97 Å². The average molecular weight is 486 g/mol. The van der Waals surface area contributed by atoms with Gasteiger partial charge in [-0.2, -0.15) is 5.26 Å². The van der Waals surface area contributed by atoms with Crippen LogP contribution in [-0.4, -0.2) is 45.4 Å². The Morgan fingerprint density at radius 1 is 1.09 bits per heavy atom. The molecule has 3 aromatic rings. The lowest BCUT2D eigenvalue weighted by Crippen LogP contribution is -2.12. The van der Waals surface area contributed by atoms with Crippen LogP contribution in [-0.2, 0) is 16.4 Å². The molecule has 1 heterocycles. The van der Waals surface area contributed by atoms with Crippen LogP contribution in [0.15, 0.2) is 52.5 Å². The number of nitrogens with two attached hydrogens (primary N) is 1. The lowest BCUT2D eigenvalue weighted by Gasteiger charge is -2.14. The fraction of sp³-hybridized carbons (Fsp3) is 0.227. The highest BCUT2D eigenvalue weighted by molar-refractivity contribution is 7.98. The first-order chi connectivity index (χ1) is 15.8. The van der Waals surface area contributed by atoms with Crippen molar-refractivity contribution in [1.29, 1.82) is 5.26 Å². The highest BCUT2D eigenvalue weighted by Crippen LogP contribution is 2.35. The molecule has 0 saturated heterocycles. The molecule has 0 spiro atoms. The molecule has 0 atom stereocenters. The van der Waals surface area contributed by atoms with E-state index in [1.165, 1.54) is 23.9 Å². The van der Waals surface area contributed by atoms with E-state index in [-0.39, 0.29) is 4.90 Å². The molecule has 0 radical (unpaired) electrons. The SMILES string of the molecule is COc1ccc(-c2nc(SC)nc(NCCc3ccc(S(N)(=O)=O)cc3)c2C#N)cc1OC. The Balaban J connectivity index is 1.88. The van der Waals surface area contributed by atoms with E-state index in [4.69, 9.17) is 14.6 Å². The van der Waals surface area contributed by atoms with E-state index in [1.54, 1.807) is 38.5 Å². The molecule has 0 bridgehead atoms. The van der Waals surface area contributed by atoms with Crippen molar-refractivity contribution >= 4 is 27.6 Å². The molecule has 0 unspecified atom stereocenters. The van der Waals surface area contributed by atoms with Gasteiger partial charge < -0.3 is 14.8 Å². The van der Waals surface area contributed by atoms with Crippen LogP contribution in [0, 0.1) is 11.3 Å². The molecule has 33 heavy (non-hydrogen) atoms. The van der Waals surface area contributed by atoms with Crippen LogP contribution in [0.5, 0.6) is 11.5 Å². The third-order valence-electron chi connectivity index (χ3n) is 4.80. The summed E-state index contributed by atoms with van der Waals surface area (Å²) in [6.07, 6.45) is 2.44. The van der Waals surface area contributed by atoms with Crippen molar-refractivity contribution in [2.45, 2.75) is 16.5 Å². The number of aromatic nitrogens is 2. The zero-order valence-electron chi connectivity index (χ0n) is 18.3. The Labute approximate surface area is 197 Å². The number of thioether (sulfide) groups is 1. The molecular formula is C22H23N5O4S2. The number of anilines is 1. The molecule has 0 aliphatic heterocycles. The summed E-state index contributed by atoms with van der Waals surface area (Å²) in [6, 6.07) is 13.9. The fourth-order valence-corrected chi connectivity index (χ4v) is 4.01. The number of nitriles is 1.